The Morgan fingerprint density at radius 2 is 1.67 bits per heavy atom. The fourth-order valence-corrected chi connectivity index (χ4v) is 2.51. The Balaban J connectivity index is 2.02. The van der Waals surface area contributed by atoms with E-state index in [2.05, 4.69) is 16.0 Å². The van der Waals surface area contributed by atoms with E-state index < -0.39 is 5.97 Å². The van der Waals surface area contributed by atoms with E-state index in [1.54, 1.807) is 0 Å². The molecule has 7 nitrogen and oxygen atoms in total. The third kappa shape index (κ3) is 7.65. The van der Waals surface area contributed by atoms with Gasteiger partial charge < -0.3 is 21.1 Å². The van der Waals surface area contributed by atoms with E-state index in [1.165, 1.54) is 6.92 Å². The zero-order chi connectivity index (χ0) is 15.7. The average molecular weight is 299 g/mol. The predicted octanol–water partition coefficient (Wildman–Crippen LogP) is -0.281. The summed E-state index contributed by atoms with van der Waals surface area (Å²) in [5.41, 5.74) is 0. The SMILES string of the molecule is CC(=O)NCCNC(=O)CNCC1CCC(C(=O)O)CC1. The largest absolute Gasteiger partial charge is 0.481 e. The Morgan fingerprint density at radius 3 is 2.24 bits per heavy atom. The normalized spacial score (nSPS) is 21.6. The van der Waals surface area contributed by atoms with Crippen molar-refractivity contribution >= 4 is 17.8 Å². The topological polar surface area (TPSA) is 108 Å². The van der Waals surface area contributed by atoms with Gasteiger partial charge in [-0.3, -0.25) is 14.4 Å². The number of carbonyl (C=O) groups is 3. The summed E-state index contributed by atoms with van der Waals surface area (Å²) < 4.78 is 0. The van der Waals surface area contributed by atoms with Gasteiger partial charge in [-0.2, -0.15) is 0 Å². The van der Waals surface area contributed by atoms with Crippen molar-refractivity contribution in [3.8, 4) is 0 Å². The number of carbonyl (C=O) groups excluding carboxylic acids is 2. The van der Waals surface area contributed by atoms with Crippen LogP contribution in [-0.2, 0) is 14.4 Å². The molecule has 1 aliphatic carbocycles. The Bertz CT molecular complexity index is 365. The van der Waals surface area contributed by atoms with Crippen molar-refractivity contribution in [2.45, 2.75) is 32.6 Å². The molecule has 0 saturated heterocycles. The molecule has 2 amide bonds. The van der Waals surface area contributed by atoms with Gasteiger partial charge in [0.15, 0.2) is 0 Å². The molecule has 0 bridgehead atoms. The zero-order valence-electron chi connectivity index (χ0n) is 12.5. The van der Waals surface area contributed by atoms with Gasteiger partial charge in [0.1, 0.15) is 0 Å². The van der Waals surface area contributed by atoms with Gasteiger partial charge in [-0.25, -0.2) is 0 Å². The molecular weight excluding hydrogens is 274 g/mol. The first kappa shape index (κ1) is 17.4. The van der Waals surface area contributed by atoms with E-state index in [4.69, 9.17) is 5.11 Å². The molecule has 120 valence electrons. The molecule has 0 aromatic rings. The molecule has 0 atom stereocenters. The number of carboxylic acid groups (broad SMARTS) is 1. The van der Waals surface area contributed by atoms with Gasteiger partial charge in [-0.1, -0.05) is 0 Å². The first-order chi connectivity index (χ1) is 9.99. The third-order valence-corrected chi connectivity index (χ3v) is 3.74. The number of hydrogen-bond donors (Lipinski definition) is 4. The Labute approximate surface area is 124 Å². The maximum atomic E-state index is 11.5. The third-order valence-electron chi connectivity index (χ3n) is 3.74. The van der Waals surface area contributed by atoms with Crippen LogP contribution in [0.15, 0.2) is 0 Å². The van der Waals surface area contributed by atoms with Crippen molar-refractivity contribution in [2.75, 3.05) is 26.2 Å². The fraction of sp³-hybridized carbons (Fsp3) is 0.786. The summed E-state index contributed by atoms with van der Waals surface area (Å²) in [4.78, 5) is 33.0. The van der Waals surface area contributed by atoms with Gasteiger partial charge in [0.25, 0.3) is 0 Å². The molecule has 0 unspecified atom stereocenters. The molecule has 1 fully saturated rings. The van der Waals surface area contributed by atoms with Crippen molar-refractivity contribution in [3.05, 3.63) is 0 Å². The highest BCUT2D eigenvalue weighted by molar-refractivity contribution is 5.78. The maximum Gasteiger partial charge on any atom is 0.306 e. The van der Waals surface area contributed by atoms with E-state index in [1.807, 2.05) is 0 Å². The standard InChI is InChI=1S/C14H25N3O4/c1-10(18)16-6-7-17-13(19)9-15-8-11-2-4-12(5-3-11)14(20)21/h11-12,15H,2-9H2,1H3,(H,16,18)(H,17,19)(H,20,21). The van der Waals surface area contributed by atoms with Crippen LogP contribution in [0.25, 0.3) is 0 Å². The Kier molecular flexibility index (Phi) is 7.74. The number of aliphatic carboxylic acids is 1. The van der Waals surface area contributed by atoms with Crippen LogP contribution in [0.3, 0.4) is 0 Å². The summed E-state index contributed by atoms with van der Waals surface area (Å²) in [7, 11) is 0. The molecule has 0 aliphatic heterocycles. The molecule has 0 spiro atoms. The van der Waals surface area contributed by atoms with E-state index in [0.717, 1.165) is 32.2 Å². The zero-order valence-corrected chi connectivity index (χ0v) is 12.5. The van der Waals surface area contributed by atoms with Crippen LogP contribution < -0.4 is 16.0 Å². The van der Waals surface area contributed by atoms with Crippen LogP contribution in [0, 0.1) is 11.8 Å². The molecule has 4 N–H and O–H groups in total. The molecule has 0 radical (unpaired) electrons. The van der Waals surface area contributed by atoms with Crippen molar-refractivity contribution in [2.24, 2.45) is 11.8 Å². The van der Waals surface area contributed by atoms with Gasteiger partial charge >= 0.3 is 5.97 Å². The highest BCUT2D eigenvalue weighted by Gasteiger charge is 2.25. The number of rotatable bonds is 8. The number of nitrogens with one attached hydrogen (secondary N) is 3. The lowest BCUT2D eigenvalue weighted by atomic mass is 9.82. The summed E-state index contributed by atoms with van der Waals surface area (Å²) >= 11 is 0. The van der Waals surface area contributed by atoms with Crippen LogP contribution in [0.1, 0.15) is 32.6 Å². The number of hydrogen-bond acceptors (Lipinski definition) is 4. The second-order valence-electron chi connectivity index (χ2n) is 5.52. The second kappa shape index (κ2) is 9.33. The number of carboxylic acids is 1. The van der Waals surface area contributed by atoms with Crippen molar-refractivity contribution in [1.82, 2.24) is 16.0 Å². The van der Waals surface area contributed by atoms with Crippen molar-refractivity contribution in [3.63, 3.8) is 0 Å². The molecule has 1 aliphatic rings. The summed E-state index contributed by atoms with van der Waals surface area (Å²) in [6.07, 6.45) is 3.25. The maximum absolute atomic E-state index is 11.5. The van der Waals surface area contributed by atoms with Crippen LogP contribution >= 0.6 is 0 Å². The number of amides is 2. The van der Waals surface area contributed by atoms with Crippen LogP contribution in [0.4, 0.5) is 0 Å². The minimum Gasteiger partial charge on any atom is -0.481 e. The van der Waals surface area contributed by atoms with Crippen LogP contribution in [0.5, 0.6) is 0 Å². The lowest BCUT2D eigenvalue weighted by Gasteiger charge is -2.26. The van der Waals surface area contributed by atoms with Crippen molar-refractivity contribution in [1.29, 1.82) is 0 Å². The first-order valence-electron chi connectivity index (χ1n) is 7.43. The van der Waals surface area contributed by atoms with Crippen molar-refractivity contribution < 1.29 is 19.5 Å². The predicted molar refractivity (Wildman–Crippen MR) is 77.6 cm³/mol. The van der Waals surface area contributed by atoms with E-state index >= 15 is 0 Å². The minimum atomic E-state index is -0.694. The molecule has 0 aromatic carbocycles. The fourth-order valence-electron chi connectivity index (χ4n) is 2.51. The summed E-state index contributed by atoms with van der Waals surface area (Å²) in [6.45, 7) is 3.27. The lowest BCUT2D eigenvalue weighted by molar-refractivity contribution is -0.143. The molecule has 0 heterocycles. The quantitative estimate of drug-likeness (QED) is 0.461. The molecule has 7 heteroatoms. The van der Waals surface area contributed by atoms with Gasteiger partial charge in [-0.05, 0) is 38.1 Å². The average Bonchev–Trinajstić information content (AvgIpc) is 2.44. The smallest absolute Gasteiger partial charge is 0.306 e. The summed E-state index contributed by atoms with van der Waals surface area (Å²) in [5.74, 6) is -0.648. The molecule has 1 rings (SSSR count). The van der Waals surface area contributed by atoms with Gasteiger partial charge in [-0.15, -0.1) is 0 Å². The molecule has 21 heavy (non-hydrogen) atoms. The van der Waals surface area contributed by atoms with E-state index in [0.29, 0.717) is 19.0 Å². The summed E-state index contributed by atoms with van der Waals surface area (Å²) in [6, 6.07) is 0. The van der Waals surface area contributed by atoms with Gasteiger partial charge in [0.2, 0.25) is 11.8 Å². The minimum absolute atomic E-state index is 0.0976. The first-order valence-corrected chi connectivity index (χ1v) is 7.43. The Morgan fingerprint density at radius 1 is 1.05 bits per heavy atom. The summed E-state index contributed by atoms with van der Waals surface area (Å²) in [5, 5.41) is 17.3. The van der Waals surface area contributed by atoms with Gasteiger partial charge in [0, 0.05) is 20.0 Å². The van der Waals surface area contributed by atoms with Crippen LogP contribution in [0.2, 0.25) is 0 Å². The van der Waals surface area contributed by atoms with Crippen LogP contribution in [-0.4, -0.2) is 49.1 Å². The molecule has 1 saturated carbocycles. The highest BCUT2D eigenvalue weighted by atomic mass is 16.4. The van der Waals surface area contributed by atoms with E-state index in [9.17, 15) is 14.4 Å². The Hall–Kier alpha value is -1.63. The molecular formula is C14H25N3O4. The highest BCUT2D eigenvalue weighted by Crippen LogP contribution is 2.28. The van der Waals surface area contributed by atoms with Gasteiger partial charge in [0.05, 0.1) is 12.5 Å². The lowest BCUT2D eigenvalue weighted by Crippen LogP contribution is -2.40. The molecule has 0 aromatic heterocycles. The monoisotopic (exact) mass is 299 g/mol. The van der Waals surface area contributed by atoms with E-state index in [-0.39, 0.29) is 24.3 Å². The second-order valence-corrected chi connectivity index (χ2v) is 5.52.